The summed E-state index contributed by atoms with van der Waals surface area (Å²) in [6, 6.07) is 7.09. The van der Waals surface area contributed by atoms with Crippen molar-refractivity contribution >= 4 is 27.3 Å². The van der Waals surface area contributed by atoms with Gasteiger partial charge in [0.2, 0.25) is 5.91 Å². The lowest BCUT2D eigenvalue weighted by atomic mass is 10.1. The third-order valence-corrected chi connectivity index (χ3v) is 6.52. The van der Waals surface area contributed by atoms with E-state index in [0.29, 0.717) is 24.7 Å². The number of benzene rings is 2. The van der Waals surface area contributed by atoms with Crippen molar-refractivity contribution in [1.29, 1.82) is 0 Å². The number of aromatic nitrogens is 3. The van der Waals surface area contributed by atoms with Crippen LogP contribution in [0.1, 0.15) is 32.0 Å². The van der Waals surface area contributed by atoms with E-state index < -0.39 is 27.3 Å². The van der Waals surface area contributed by atoms with Gasteiger partial charge in [-0.1, -0.05) is 6.42 Å². The second kappa shape index (κ2) is 8.65. The topological polar surface area (TPSA) is 106 Å². The summed E-state index contributed by atoms with van der Waals surface area (Å²) in [5.74, 6) is -1.25. The molecular formula is C21H21F2N5O3S. The first-order valence-corrected chi connectivity index (χ1v) is 11.5. The van der Waals surface area contributed by atoms with Crippen molar-refractivity contribution in [2.75, 3.05) is 10.0 Å². The van der Waals surface area contributed by atoms with Crippen LogP contribution in [0.3, 0.4) is 0 Å². The van der Waals surface area contributed by atoms with Crippen LogP contribution < -0.4 is 10.0 Å². The highest BCUT2D eigenvalue weighted by Crippen LogP contribution is 2.30. The van der Waals surface area contributed by atoms with Gasteiger partial charge in [0.25, 0.3) is 10.0 Å². The van der Waals surface area contributed by atoms with Crippen LogP contribution in [0.2, 0.25) is 0 Å². The Bertz CT molecular complexity index is 1270. The lowest BCUT2D eigenvalue weighted by Gasteiger charge is -2.13. The fraction of sp³-hybridized carbons (Fsp3) is 0.286. The van der Waals surface area contributed by atoms with Crippen molar-refractivity contribution in [2.24, 2.45) is 0 Å². The monoisotopic (exact) mass is 461 g/mol. The van der Waals surface area contributed by atoms with Gasteiger partial charge in [0.05, 0.1) is 16.1 Å². The number of fused-ring (bicyclic) bond motifs is 1. The van der Waals surface area contributed by atoms with Crippen LogP contribution in [0.4, 0.5) is 20.2 Å². The molecule has 0 radical (unpaired) electrons. The Balaban J connectivity index is 1.66. The van der Waals surface area contributed by atoms with E-state index in [1.807, 2.05) is 0 Å². The second-order valence-corrected chi connectivity index (χ2v) is 9.21. The third-order valence-electron chi connectivity index (χ3n) is 5.14. The molecule has 0 bridgehead atoms. The molecule has 1 aliphatic rings. The summed E-state index contributed by atoms with van der Waals surface area (Å²) in [6.45, 7) is 1.94. The highest BCUT2D eigenvalue weighted by atomic mass is 32.2. The highest BCUT2D eigenvalue weighted by Gasteiger charge is 2.23. The van der Waals surface area contributed by atoms with E-state index in [4.69, 9.17) is 0 Å². The van der Waals surface area contributed by atoms with Crippen LogP contribution in [0.5, 0.6) is 0 Å². The summed E-state index contributed by atoms with van der Waals surface area (Å²) >= 11 is 0. The fourth-order valence-corrected chi connectivity index (χ4v) is 4.67. The number of hydrogen-bond acceptors (Lipinski definition) is 5. The fourth-order valence-electron chi connectivity index (χ4n) is 3.61. The number of nitrogens with zero attached hydrogens (tertiary/aromatic N) is 3. The molecule has 0 atom stereocenters. The van der Waals surface area contributed by atoms with Gasteiger partial charge in [-0.3, -0.25) is 9.52 Å². The Morgan fingerprint density at radius 3 is 2.50 bits per heavy atom. The average molecular weight is 461 g/mol. The second-order valence-electron chi connectivity index (χ2n) is 7.53. The van der Waals surface area contributed by atoms with Crippen molar-refractivity contribution in [3.63, 3.8) is 0 Å². The third kappa shape index (κ3) is 4.47. The van der Waals surface area contributed by atoms with Crippen LogP contribution in [0.25, 0.3) is 11.4 Å². The molecule has 1 aliphatic heterocycles. The first-order valence-electron chi connectivity index (χ1n) is 10.1. The molecule has 0 aliphatic carbocycles. The zero-order valence-corrected chi connectivity index (χ0v) is 18.0. The van der Waals surface area contributed by atoms with Crippen molar-refractivity contribution in [3.05, 3.63) is 53.9 Å². The number of sulfonamides is 1. The quantitative estimate of drug-likeness (QED) is 0.603. The molecule has 8 nitrogen and oxygen atoms in total. The summed E-state index contributed by atoms with van der Waals surface area (Å²) in [7, 11) is -4.17. The van der Waals surface area contributed by atoms with Gasteiger partial charge in [0.15, 0.2) is 5.82 Å². The number of carbonyl (C=O) groups excluding carboxylic acids is 1. The van der Waals surface area contributed by atoms with Gasteiger partial charge in [-0.2, -0.15) is 0 Å². The van der Waals surface area contributed by atoms with Gasteiger partial charge in [-0.05, 0) is 43.2 Å². The predicted molar refractivity (Wildman–Crippen MR) is 114 cm³/mol. The van der Waals surface area contributed by atoms with Gasteiger partial charge >= 0.3 is 0 Å². The molecule has 1 amide bonds. The smallest absolute Gasteiger partial charge is 0.261 e. The number of rotatable bonds is 5. The van der Waals surface area contributed by atoms with Crippen LogP contribution in [0, 0.1) is 11.6 Å². The molecule has 0 spiro atoms. The van der Waals surface area contributed by atoms with Gasteiger partial charge in [0.1, 0.15) is 17.5 Å². The van der Waals surface area contributed by atoms with Crippen molar-refractivity contribution in [1.82, 2.24) is 14.8 Å². The molecule has 0 unspecified atom stereocenters. The van der Waals surface area contributed by atoms with Crippen LogP contribution in [-0.2, 0) is 27.8 Å². The Morgan fingerprint density at radius 1 is 1.03 bits per heavy atom. The average Bonchev–Trinajstić information content (AvgIpc) is 2.97. The maximum atomic E-state index is 14.6. The van der Waals surface area contributed by atoms with Gasteiger partial charge in [-0.25, -0.2) is 17.2 Å². The van der Waals surface area contributed by atoms with Crippen molar-refractivity contribution < 1.29 is 22.0 Å². The van der Waals surface area contributed by atoms with E-state index in [9.17, 15) is 22.0 Å². The van der Waals surface area contributed by atoms with E-state index in [-0.39, 0.29) is 22.2 Å². The SMILES string of the molecule is CC(=O)Nc1ccc(S(=O)(=O)Nc2cc(-c3nnc4n3CCCCC4)c(F)cc2F)cc1. The maximum Gasteiger partial charge on any atom is 0.261 e. The van der Waals surface area contributed by atoms with Crippen LogP contribution >= 0.6 is 0 Å². The van der Waals surface area contributed by atoms with Crippen LogP contribution in [-0.4, -0.2) is 29.1 Å². The first-order chi connectivity index (χ1) is 15.2. The molecule has 32 heavy (non-hydrogen) atoms. The van der Waals surface area contributed by atoms with E-state index >= 15 is 0 Å². The molecule has 4 rings (SSSR count). The minimum Gasteiger partial charge on any atom is -0.326 e. The Morgan fingerprint density at radius 2 is 1.78 bits per heavy atom. The minimum atomic E-state index is -4.17. The lowest BCUT2D eigenvalue weighted by molar-refractivity contribution is -0.114. The molecule has 0 fully saturated rings. The Hall–Kier alpha value is -3.34. The van der Waals surface area contributed by atoms with Crippen molar-refractivity contribution in [3.8, 4) is 11.4 Å². The standard InChI is InChI=1S/C21H21F2N5O3S/c1-13(29)24-14-6-8-15(9-7-14)32(30,31)27-19-11-16(17(22)12-18(19)23)21-26-25-20-5-3-2-4-10-28(20)21/h6-9,11-12,27H,2-5,10H2,1H3,(H,24,29). The number of carbonyl (C=O) groups is 1. The molecule has 3 aromatic rings. The van der Waals surface area contributed by atoms with Gasteiger partial charge in [0, 0.05) is 31.6 Å². The summed E-state index contributed by atoms with van der Waals surface area (Å²) in [5, 5.41) is 10.7. The number of amides is 1. The highest BCUT2D eigenvalue weighted by molar-refractivity contribution is 7.92. The zero-order chi connectivity index (χ0) is 22.9. The number of aryl methyl sites for hydroxylation is 1. The molecule has 2 heterocycles. The van der Waals surface area contributed by atoms with Gasteiger partial charge in [-0.15, -0.1) is 10.2 Å². The Kier molecular flexibility index (Phi) is 5.92. The number of halogens is 2. The largest absolute Gasteiger partial charge is 0.326 e. The molecular weight excluding hydrogens is 440 g/mol. The zero-order valence-electron chi connectivity index (χ0n) is 17.2. The molecule has 11 heteroatoms. The number of anilines is 2. The first kappa shape index (κ1) is 21.9. The van der Waals surface area contributed by atoms with Crippen molar-refractivity contribution in [2.45, 2.75) is 44.0 Å². The maximum absolute atomic E-state index is 14.6. The minimum absolute atomic E-state index is 0.0363. The summed E-state index contributed by atoms with van der Waals surface area (Å²) in [6.07, 6.45) is 3.56. The number of hydrogen-bond donors (Lipinski definition) is 2. The molecule has 168 valence electrons. The van der Waals surface area contributed by atoms with Gasteiger partial charge < -0.3 is 9.88 Å². The normalized spacial score (nSPS) is 13.8. The van der Waals surface area contributed by atoms with E-state index in [2.05, 4.69) is 20.2 Å². The Labute approximate surface area is 183 Å². The molecule has 2 N–H and O–H groups in total. The number of nitrogens with one attached hydrogen (secondary N) is 2. The summed E-state index contributed by atoms with van der Waals surface area (Å²) < 4.78 is 58.6. The summed E-state index contributed by atoms with van der Waals surface area (Å²) in [4.78, 5) is 11.0. The summed E-state index contributed by atoms with van der Waals surface area (Å²) in [5.41, 5.74) is -0.0248. The van der Waals surface area contributed by atoms with E-state index in [1.54, 1.807) is 4.57 Å². The lowest BCUT2D eigenvalue weighted by Crippen LogP contribution is -2.15. The molecule has 0 saturated heterocycles. The molecule has 0 saturated carbocycles. The van der Waals surface area contributed by atoms with E-state index in [0.717, 1.165) is 31.2 Å². The predicted octanol–water partition coefficient (Wildman–Crippen LogP) is 3.71. The molecule has 2 aromatic carbocycles. The van der Waals surface area contributed by atoms with E-state index in [1.165, 1.54) is 31.2 Å². The molecule has 1 aromatic heterocycles. The van der Waals surface area contributed by atoms with Crippen LogP contribution in [0.15, 0.2) is 41.3 Å².